The van der Waals surface area contributed by atoms with E-state index in [1.54, 1.807) is 24.4 Å². The Morgan fingerprint density at radius 1 is 1.16 bits per heavy atom. The Morgan fingerprint density at radius 2 is 1.95 bits per heavy atom. The number of imidazole rings is 1. The molecule has 2 atom stereocenters. The average molecular weight is 508 g/mol. The van der Waals surface area contributed by atoms with Crippen molar-refractivity contribution in [2.45, 2.75) is 39.4 Å². The van der Waals surface area contributed by atoms with Crippen molar-refractivity contribution >= 4 is 17.4 Å². The van der Waals surface area contributed by atoms with E-state index in [1.807, 2.05) is 36.8 Å². The lowest BCUT2D eigenvalue weighted by molar-refractivity contribution is -0.137. The molecule has 0 spiro atoms. The van der Waals surface area contributed by atoms with E-state index >= 15 is 0 Å². The summed E-state index contributed by atoms with van der Waals surface area (Å²) in [5, 5.41) is 6.15. The molecule has 0 saturated carbocycles. The first kappa shape index (κ1) is 25.9. The van der Waals surface area contributed by atoms with Crippen molar-refractivity contribution in [2.75, 3.05) is 5.32 Å². The van der Waals surface area contributed by atoms with E-state index in [4.69, 9.17) is 4.99 Å². The maximum absolute atomic E-state index is 13.0. The summed E-state index contributed by atoms with van der Waals surface area (Å²) >= 11 is 0. The molecule has 9 heteroatoms. The number of hydrogen-bond acceptors (Lipinski definition) is 4. The molecular formula is C28H28F3N5O. The summed E-state index contributed by atoms with van der Waals surface area (Å²) < 4.78 is 41.0. The van der Waals surface area contributed by atoms with Gasteiger partial charge in [0.1, 0.15) is 17.5 Å². The molecule has 2 aromatic carbocycles. The molecule has 192 valence electrons. The number of nitrogens with one attached hydrogen (secondary N) is 2. The predicted molar refractivity (Wildman–Crippen MR) is 138 cm³/mol. The van der Waals surface area contributed by atoms with E-state index in [-0.39, 0.29) is 17.5 Å². The first-order chi connectivity index (χ1) is 17.6. The summed E-state index contributed by atoms with van der Waals surface area (Å²) in [7, 11) is 0. The van der Waals surface area contributed by atoms with Crippen molar-refractivity contribution in [3.05, 3.63) is 107 Å². The SMILES string of the molecule is Cc1nccn1C1=N/C(N[C@@H](C)c2cccc(NC(=O)c3cccc(C(F)(F)F)c3)c2)=C\C(C)CC=C1. The highest BCUT2D eigenvalue weighted by molar-refractivity contribution is 6.04. The van der Waals surface area contributed by atoms with Crippen LogP contribution in [0.25, 0.3) is 0 Å². The molecule has 0 radical (unpaired) electrons. The minimum absolute atomic E-state index is 0.0650. The summed E-state index contributed by atoms with van der Waals surface area (Å²) in [5.41, 5.74) is 0.428. The Balaban J connectivity index is 1.52. The van der Waals surface area contributed by atoms with Gasteiger partial charge in [-0.15, -0.1) is 0 Å². The summed E-state index contributed by atoms with van der Waals surface area (Å²) in [6.07, 6.45) is 6.08. The third kappa shape index (κ3) is 6.55. The van der Waals surface area contributed by atoms with Crippen LogP contribution >= 0.6 is 0 Å². The van der Waals surface area contributed by atoms with Gasteiger partial charge in [-0.05, 0) is 74.2 Å². The second-order valence-corrected chi connectivity index (χ2v) is 9.01. The molecule has 1 amide bonds. The zero-order chi connectivity index (χ0) is 26.6. The fourth-order valence-corrected chi connectivity index (χ4v) is 3.99. The Morgan fingerprint density at radius 3 is 2.68 bits per heavy atom. The van der Waals surface area contributed by atoms with Crippen molar-refractivity contribution in [1.29, 1.82) is 0 Å². The lowest BCUT2D eigenvalue weighted by Crippen LogP contribution is -2.21. The number of benzene rings is 2. The smallest absolute Gasteiger partial charge is 0.364 e. The zero-order valence-electron chi connectivity index (χ0n) is 20.8. The molecule has 4 rings (SSSR count). The Labute approximate surface area is 213 Å². The van der Waals surface area contributed by atoms with E-state index < -0.39 is 17.6 Å². The summed E-state index contributed by atoms with van der Waals surface area (Å²) in [4.78, 5) is 21.8. The summed E-state index contributed by atoms with van der Waals surface area (Å²) in [6, 6.07) is 11.4. The quantitative estimate of drug-likeness (QED) is 0.414. The van der Waals surface area contributed by atoms with E-state index in [9.17, 15) is 18.0 Å². The topological polar surface area (TPSA) is 71.3 Å². The van der Waals surface area contributed by atoms with E-state index in [0.717, 1.165) is 35.8 Å². The van der Waals surface area contributed by atoms with Crippen LogP contribution in [-0.2, 0) is 6.18 Å². The number of allylic oxidation sites excluding steroid dienone is 3. The number of anilines is 1. The number of halogens is 3. The van der Waals surface area contributed by atoms with Crippen LogP contribution in [0.15, 0.2) is 90.0 Å². The molecule has 0 aliphatic carbocycles. The van der Waals surface area contributed by atoms with Gasteiger partial charge in [0.05, 0.1) is 11.6 Å². The van der Waals surface area contributed by atoms with Crippen LogP contribution in [0, 0.1) is 12.8 Å². The van der Waals surface area contributed by atoms with Gasteiger partial charge in [0.2, 0.25) is 0 Å². The van der Waals surface area contributed by atoms with Gasteiger partial charge in [-0.3, -0.25) is 9.36 Å². The number of aromatic nitrogens is 2. The molecule has 1 aliphatic rings. The molecule has 37 heavy (non-hydrogen) atoms. The predicted octanol–water partition coefficient (Wildman–Crippen LogP) is 6.50. The monoisotopic (exact) mass is 507 g/mol. The maximum atomic E-state index is 13.0. The van der Waals surface area contributed by atoms with Gasteiger partial charge < -0.3 is 10.6 Å². The molecule has 2 N–H and O–H groups in total. The highest BCUT2D eigenvalue weighted by Gasteiger charge is 2.30. The van der Waals surface area contributed by atoms with E-state index in [1.165, 1.54) is 12.1 Å². The molecule has 0 fully saturated rings. The van der Waals surface area contributed by atoms with Crippen molar-refractivity contribution in [3.8, 4) is 0 Å². The number of alkyl halides is 3. The first-order valence-corrected chi connectivity index (χ1v) is 11.9. The normalized spacial score (nSPS) is 18.2. The molecule has 6 nitrogen and oxygen atoms in total. The number of aliphatic imine (C=N–C) groups is 1. The molecule has 2 heterocycles. The minimum Gasteiger partial charge on any atom is -0.364 e. The number of hydrogen-bond donors (Lipinski definition) is 2. The van der Waals surface area contributed by atoms with Gasteiger partial charge in [0.25, 0.3) is 5.91 Å². The van der Waals surface area contributed by atoms with Gasteiger partial charge >= 0.3 is 6.18 Å². The van der Waals surface area contributed by atoms with Gasteiger partial charge in [0.15, 0.2) is 0 Å². The van der Waals surface area contributed by atoms with Crippen LogP contribution < -0.4 is 10.6 Å². The van der Waals surface area contributed by atoms with Gasteiger partial charge in [-0.2, -0.15) is 13.2 Å². The fourth-order valence-electron chi connectivity index (χ4n) is 3.99. The van der Waals surface area contributed by atoms with Gasteiger partial charge in [-0.1, -0.05) is 31.2 Å². The lowest BCUT2D eigenvalue weighted by Gasteiger charge is -2.20. The largest absolute Gasteiger partial charge is 0.416 e. The number of amides is 1. The molecule has 3 aromatic rings. The van der Waals surface area contributed by atoms with E-state index in [0.29, 0.717) is 11.5 Å². The van der Waals surface area contributed by atoms with Crippen LogP contribution in [0.2, 0.25) is 0 Å². The number of carbonyl (C=O) groups excluding carboxylic acids is 1. The Kier molecular flexibility index (Phi) is 7.61. The average Bonchev–Trinajstić information content (AvgIpc) is 3.27. The molecular weight excluding hydrogens is 479 g/mol. The lowest BCUT2D eigenvalue weighted by atomic mass is 10.0. The van der Waals surface area contributed by atoms with Crippen molar-refractivity contribution in [3.63, 3.8) is 0 Å². The summed E-state index contributed by atoms with van der Waals surface area (Å²) in [5.74, 6) is 1.95. The molecule has 0 bridgehead atoms. The van der Waals surface area contributed by atoms with Gasteiger partial charge in [0, 0.05) is 23.6 Å². The molecule has 1 aromatic heterocycles. The van der Waals surface area contributed by atoms with Gasteiger partial charge in [-0.25, -0.2) is 9.98 Å². The molecule has 1 unspecified atom stereocenters. The van der Waals surface area contributed by atoms with Crippen LogP contribution in [0.5, 0.6) is 0 Å². The van der Waals surface area contributed by atoms with E-state index in [2.05, 4.69) is 34.7 Å². The van der Waals surface area contributed by atoms with Crippen LogP contribution in [0.1, 0.15) is 53.6 Å². The van der Waals surface area contributed by atoms with Crippen molar-refractivity contribution < 1.29 is 18.0 Å². The molecule has 0 saturated heterocycles. The Hall–Kier alpha value is -4.14. The standard InChI is InChI=1S/C28H28F3N5O/c1-18-7-4-12-26(36-14-13-32-20(36)3)35-25(15-18)33-19(2)21-8-6-11-24(17-21)34-27(37)22-9-5-10-23(16-22)28(29,30)31/h4-6,8-19,33H,7H2,1-3H3,(H,34,37)/b12-4?,25-15-,35-26?/t18?,19-/m0/s1. The number of carbonyl (C=O) groups is 1. The second kappa shape index (κ2) is 10.9. The molecule has 1 aliphatic heterocycles. The first-order valence-electron chi connectivity index (χ1n) is 11.9. The van der Waals surface area contributed by atoms with Crippen LogP contribution in [-0.4, -0.2) is 21.3 Å². The number of aryl methyl sites for hydroxylation is 1. The highest BCUT2D eigenvalue weighted by Crippen LogP contribution is 2.30. The number of rotatable bonds is 5. The third-order valence-corrected chi connectivity index (χ3v) is 5.99. The van der Waals surface area contributed by atoms with Crippen LogP contribution in [0.3, 0.4) is 0 Å². The second-order valence-electron chi connectivity index (χ2n) is 9.01. The van der Waals surface area contributed by atoms with Crippen molar-refractivity contribution in [2.24, 2.45) is 10.9 Å². The highest BCUT2D eigenvalue weighted by atomic mass is 19.4. The Bertz CT molecular complexity index is 1370. The third-order valence-electron chi connectivity index (χ3n) is 5.99. The zero-order valence-corrected chi connectivity index (χ0v) is 20.8. The number of nitrogens with zero attached hydrogens (tertiary/aromatic N) is 3. The minimum atomic E-state index is -4.52. The fraction of sp³-hybridized carbons (Fsp3) is 0.250. The summed E-state index contributed by atoms with van der Waals surface area (Å²) in [6.45, 7) is 6.01. The van der Waals surface area contributed by atoms with Crippen LogP contribution in [0.4, 0.5) is 18.9 Å². The maximum Gasteiger partial charge on any atom is 0.416 e. The van der Waals surface area contributed by atoms with Crippen molar-refractivity contribution in [1.82, 2.24) is 14.9 Å².